The van der Waals surface area contributed by atoms with E-state index in [1.807, 2.05) is 4.90 Å². The zero-order valence-electron chi connectivity index (χ0n) is 15.3. The van der Waals surface area contributed by atoms with Crippen LogP contribution in [0.5, 0.6) is 0 Å². The molecule has 0 spiro atoms. The van der Waals surface area contributed by atoms with E-state index in [1.165, 1.54) is 8.87 Å². The summed E-state index contributed by atoms with van der Waals surface area (Å²) in [6.45, 7) is 1.50. The first kappa shape index (κ1) is 18.6. The maximum Gasteiger partial charge on any atom is 0.307 e. The molecule has 9 heteroatoms. The van der Waals surface area contributed by atoms with E-state index in [0.717, 1.165) is 42.5 Å². The number of thiazole rings is 1. The highest BCUT2D eigenvalue weighted by Crippen LogP contribution is 2.28. The Morgan fingerprint density at radius 1 is 1.11 bits per heavy atom. The number of benzene rings is 1. The summed E-state index contributed by atoms with van der Waals surface area (Å²) in [5.74, 6) is 0.302. The quantitative estimate of drug-likeness (QED) is 0.772. The van der Waals surface area contributed by atoms with Crippen molar-refractivity contribution in [3.05, 3.63) is 27.9 Å². The van der Waals surface area contributed by atoms with Crippen molar-refractivity contribution in [3.63, 3.8) is 0 Å². The zero-order chi connectivity index (χ0) is 19.2. The van der Waals surface area contributed by atoms with E-state index in [9.17, 15) is 18.0 Å². The van der Waals surface area contributed by atoms with Crippen LogP contribution in [0.15, 0.2) is 27.9 Å². The van der Waals surface area contributed by atoms with Gasteiger partial charge in [-0.1, -0.05) is 24.2 Å². The molecule has 2 aromatic rings. The fourth-order valence-corrected chi connectivity index (χ4v) is 6.45. The lowest BCUT2D eigenvalue weighted by molar-refractivity contribution is -0.136. The highest BCUT2D eigenvalue weighted by molar-refractivity contribution is 7.89. The smallest absolute Gasteiger partial charge is 0.307 e. The van der Waals surface area contributed by atoms with Crippen molar-refractivity contribution in [3.8, 4) is 0 Å². The molecule has 0 radical (unpaired) electrons. The van der Waals surface area contributed by atoms with Gasteiger partial charge in [-0.15, -0.1) is 0 Å². The summed E-state index contributed by atoms with van der Waals surface area (Å²) < 4.78 is 29.6. The van der Waals surface area contributed by atoms with Crippen LogP contribution in [0.3, 0.4) is 0 Å². The molecule has 1 aromatic heterocycles. The standard InChI is InChI=1S/C18H23N3O4S2/c1-19-15-7-6-14(12-16(15)26-18(19)23)27(24,25)21-10-8-20(9-11-21)17(22)13-4-2-3-5-13/h6-7,12-13H,2-5,8-11H2,1H3. The van der Waals surface area contributed by atoms with Crippen LogP contribution in [0.2, 0.25) is 0 Å². The van der Waals surface area contributed by atoms with Gasteiger partial charge in [0.2, 0.25) is 15.9 Å². The van der Waals surface area contributed by atoms with E-state index in [2.05, 4.69) is 0 Å². The average molecular weight is 410 g/mol. The molecule has 2 aliphatic rings. The molecular formula is C18H23N3O4S2. The summed E-state index contributed by atoms with van der Waals surface area (Å²) in [5.41, 5.74) is 0.732. The molecule has 0 unspecified atom stereocenters. The van der Waals surface area contributed by atoms with Crippen molar-refractivity contribution < 1.29 is 13.2 Å². The Morgan fingerprint density at radius 3 is 2.44 bits per heavy atom. The van der Waals surface area contributed by atoms with Crippen LogP contribution in [-0.4, -0.2) is 54.3 Å². The van der Waals surface area contributed by atoms with E-state index < -0.39 is 10.0 Å². The molecule has 1 aliphatic carbocycles. The van der Waals surface area contributed by atoms with Crippen molar-refractivity contribution >= 4 is 37.5 Å². The molecule has 1 aliphatic heterocycles. The second-order valence-electron chi connectivity index (χ2n) is 7.27. The Bertz CT molecular complexity index is 1030. The molecule has 2 heterocycles. The van der Waals surface area contributed by atoms with Crippen LogP contribution in [0.25, 0.3) is 10.2 Å². The number of fused-ring (bicyclic) bond motifs is 1. The minimum atomic E-state index is -3.63. The van der Waals surface area contributed by atoms with Crippen molar-refractivity contribution in [2.24, 2.45) is 13.0 Å². The van der Waals surface area contributed by atoms with Gasteiger partial charge in [0.1, 0.15) is 0 Å². The molecule has 1 saturated heterocycles. The first-order chi connectivity index (χ1) is 12.9. The molecule has 27 heavy (non-hydrogen) atoms. The third kappa shape index (κ3) is 3.32. The lowest BCUT2D eigenvalue weighted by Crippen LogP contribution is -2.51. The Morgan fingerprint density at radius 2 is 1.78 bits per heavy atom. The Hall–Kier alpha value is -1.71. The van der Waals surface area contributed by atoms with Gasteiger partial charge < -0.3 is 9.47 Å². The van der Waals surface area contributed by atoms with Crippen LogP contribution in [-0.2, 0) is 21.9 Å². The normalized spacial score (nSPS) is 19.8. The largest absolute Gasteiger partial charge is 0.340 e. The molecule has 1 aromatic carbocycles. The number of amides is 1. The van der Waals surface area contributed by atoms with Gasteiger partial charge in [0.25, 0.3) is 0 Å². The van der Waals surface area contributed by atoms with Crippen molar-refractivity contribution in [1.82, 2.24) is 13.8 Å². The second-order valence-corrected chi connectivity index (χ2v) is 10.2. The summed E-state index contributed by atoms with van der Waals surface area (Å²) in [5, 5.41) is 0. The van der Waals surface area contributed by atoms with Gasteiger partial charge in [0.15, 0.2) is 0 Å². The Labute approximate surface area is 162 Å². The number of hydrogen-bond acceptors (Lipinski definition) is 5. The highest BCUT2D eigenvalue weighted by atomic mass is 32.2. The fraction of sp³-hybridized carbons (Fsp3) is 0.556. The molecule has 1 saturated carbocycles. The number of rotatable bonds is 3. The van der Waals surface area contributed by atoms with Crippen molar-refractivity contribution in [1.29, 1.82) is 0 Å². The van der Waals surface area contributed by atoms with Gasteiger partial charge in [-0.2, -0.15) is 4.31 Å². The average Bonchev–Trinajstić information content (AvgIpc) is 3.30. The number of sulfonamides is 1. The SMILES string of the molecule is Cn1c(=O)sc2cc(S(=O)(=O)N3CCN(C(=O)C4CCCC4)CC3)ccc21. The van der Waals surface area contributed by atoms with Gasteiger partial charge in [0, 0.05) is 39.1 Å². The first-order valence-corrected chi connectivity index (χ1v) is 11.5. The Kier molecular flexibility index (Phi) is 4.85. The predicted molar refractivity (Wildman–Crippen MR) is 104 cm³/mol. The van der Waals surface area contributed by atoms with Crippen LogP contribution in [0.1, 0.15) is 25.7 Å². The summed E-state index contributed by atoms with van der Waals surface area (Å²) in [4.78, 5) is 26.2. The van der Waals surface area contributed by atoms with Gasteiger partial charge >= 0.3 is 4.87 Å². The van der Waals surface area contributed by atoms with Gasteiger partial charge in [-0.05, 0) is 31.0 Å². The van der Waals surface area contributed by atoms with Crippen molar-refractivity contribution in [2.45, 2.75) is 30.6 Å². The topological polar surface area (TPSA) is 79.7 Å². The number of aromatic nitrogens is 1. The summed E-state index contributed by atoms with van der Waals surface area (Å²) >= 11 is 1.05. The fourth-order valence-electron chi connectivity index (χ4n) is 4.00. The predicted octanol–water partition coefficient (Wildman–Crippen LogP) is 1.62. The molecule has 0 N–H and O–H groups in total. The van der Waals surface area contributed by atoms with E-state index in [1.54, 1.807) is 25.2 Å². The van der Waals surface area contributed by atoms with Gasteiger partial charge in [-0.25, -0.2) is 8.42 Å². The first-order valence-electron chi connectivity index (χ1n) is 9.26. The molecule has 7 nitrogen and oxygen atoms in total. The van der Waals surface area contributed by atoms with Crippen LogP contribution in [0.4, 0.5) is 0 Å². The number of carbonyl (C=O) groups is 1. The van der Waals surface area contributed by atoms with E-state index >= 15 is 0 Å². The van der Waals surface area contributed by atoms with Crippen LogP contribution in [0, 0.1) is 5.92 Å². The number of piperazine rings is 1. The summed E-state index contributed by atoms with van der Waals surface area (Å²) in [6.07, 6.45) is 4.13. The molecule has 2 fully saturated rings. The number of aryl methyl sites for hydroxylation is 1. The maximum atomic E-state index is 13.0. The second kappa shape index (κ2) is 7.03. The Balaban J connectivity index is 1.50. The van der Waals surface area contributed by atoms with E-state index in [4.69, 9.17) is 0 Å². The molecule has 0 bridgehead atoms. The number of nitrogens with zero attached hydrogens (tertiary/aromatic N) is 3. The monoisotopic (exact) mass is 409 g/mol. The minimum Gasteiger partial charge on any atom is -0.340 e. The summed E-state index contributed by atoms with van der Waals surface area (Å²) in [6, 6.07) is 4.81. The highest BCUT2D eigenvalue weighted by Gasteiger charge is 2.33. The number of hydrogen-bond donors (Lipinski definition) is 0. The molecule has 1 amide bonds. The van der Waals surface area contributed by atoms with E-state index in [0.29, 0.717) is 30.9 Å². The molecule has 146 valence electrons. The van der Waals surface area contributed by atoms with Crippen LogP contribution >= 0.6 is 11.3 Å². The maximum absolute atomic E-state index is 13.0. The minimum absolute atomic E-state index is 0.112. The summed E-state index contributed by atoms with van der Waals surface area (Å²) in [7, 11) is -1.96. The molecular weight excluding hydrogens is 386 g/mol. The lowest BCUT2D eigenvalue weighted by atomic mass is 10.1. The van der Waals surface area contributed by atoms with E-state index in [-0.39, 0.29) is 21.6 Å². The van der Waals surface area contributed by atoms with Gasteiger partial charge in [-0.3, -0.25) is 9.59 Å². The van der Waals surface area contributed by atoms with Crippen LogP contribution < -0.4 is 4.87 Å². The number of carbonyl (C=O) groups excluding carboxylic acids is 1. The lowest BCUT2D eigenvalue weighted by Gasteiger charge is -2.35. The zero-order valence-corrected chi connectivity index (χ0v) is 16.9. The third-order valence-electron chi connectivity index (χ3n) is 5.66. The van der Waals surface area contributed by atoms with Crippen molar-refractivity contribution in [2.75, 3.05) is 26.2 Å². The molecule has 4 rings (SSSR count). The van der Waals surface area contributed by atoms with Gasteiger partial charge in [0.05, 0.1) is 15.1 Å². The third-order valence-corrected chi connectivity index (χ3v) is 8.55. The molecule has 0 atom stereocenters.